The molecular formula is C36H41Cl3N8O4S2. The van der Waals surface area contributed by atoms with Crippen LogP contribution in [0.1, 0.15) is 49.9 Å². The number of benzene rings is 2. The summed E-state index contributed by atoms with van der Waals surface area (Å²) in [6.07, 6.45) is 1.59. The van der Waals surface area contributed by atoms with Gasteiger partial charge in [-0.15, -0.1) is 36.2 Å². The van der Waals surface area contributed by atoms with E-state index in [1.54, 1.807) is 50.2 Å². The van der Waals surface area contributed by atoms with Crippen LogP contribution in [-0.4, -0.2) is 58.7 Å². The predicted molar refractivity (Wildman–Crippen MR) is 215 cm³/mol. The summed E-state index contributed by atoms with van der Waals surface area (Å²) in [6, 6.07) is 16.5. The number of nitriles is 2. The Hall–Kier alpha value is -4.12. The number of aromatic nitrogens is 2. The Labute approximate surface area is 336 Å². The largest absolute Gasteiger partial charge is 0.492 e. The van der Waals surface area contributed by atoms with Crippen LogP contribution in [0.5, 0.6) is 5.75 Å². The monoisotopic (exact) mass is 819 g/mol. The maximum atomic E-state index is 13.1. The van der Waals surface area contributed by atoms with Crippen molar-refractivity contribution in [3.8, 4) is 39.6 Å². The summed E-state index contributed by atoms with van der Waals surface area (Å²) < 4.78 is 14.4. The fourth-order valence-corrected chi connectivity index (χ4v) is 7.02. The third kappa shape index (κ3) is 12.5. The molecule has 17 heteroatoms. The Morgan fingerprint density at radius 2 is 1.72 bits per heavy atom. The van der Waals surface area contributed by atoms with Crippen molar-refractivity contribution in [2.24, 2.45) is 11.7 Å². The lowest BCUT2D eigenvalue weighted by atomic mass is 9.97. The number of anilines is 1. The van der Waals surface area contributed by atoms with Gasteiger partial charge in [0.15, 0.2) is 0 Å². The van der Waals surface area contributed by atoms with Crippen molar-refractivity contribution in [2.75, 3.05) is 25.4 Å². The number of carboxylic acid groups (broad SMARTS) is 1. The number of thiazole rings is 1. The molecular weight excluding hydrogens is 779 g/mol. The van der Waals surface area contributed by atoms with Crippen LogP contribution in [-0.2, 0) is 15.3 Å². The number of nitrogens with zero attached hydrogens (tertiary/aromatic N) is 4. The molecule has 2 heterocycles. The number of carboxylic acids is 1. The van der Waals surface area contributed by atoms with Gasteiger partial charge in [0.05, 0.1) is 17.3 Å². The van der Waals surface area contributed by atoms with E-state index in [2.05, 4.69) is 22.4 Å². The van der Waals surface area contributed by atoms with Gasteiger partial charge in [-0.05, 0) is 55.1 Å². The van der Waals surface area contributed by atoms with Gasteiger partial charge in [0, 0.05) is 33.8 Å². The number of halogens is 3. The Kier molecular flexibility index (Phi) is 18.1. The molecule has 0 radical (unpaired) electrons. The maximum absolute atomic E-state index is 13.1. The number of rotatable bonds is 18. The molecule has 282 valence electrons. The molecule has 0 bridgehead atoms. The molecule has 12 nitrogen and oxygen atoms in total. The lowest BCUT2D eigenvalue weighted by Gasteiger charge is -2.23. The van der Waals surface area contributed by atoms with Gasteiger partial charge in [-0.1, -0.05) is 67.9 Å². The molecule has 2 atom stereocenters. The van der Waals surface area contributed by atoms with Crippen LogP contribution in [0.3, 0.4) is 0 Å². The zero-order chi connectivity index (χ0) is 37.8. The average molecular weight is 821 g/mol. The van der Waals surface area contributed by atoms with Crippen molar-refractivity contribution in [3.63, 3.8) is 0 Å². The molecule has 0 saturated heterocycles. The van der Waals surface area contributed by atoms with Crippen LogP contribution in [0, 0.1) is 28.6 Å². The molecule has 1 amide bonds. The fourth-order valence-electron chi connectivity index (χ4n) is 5.07. The molecule has 4 rings (SSSR count). The first-order valence-corrected chi connectivity index (χ1v) is 18.4. The number of amides is 1. The van der Waals surface area contributed by atoms with E-state index < -0.39 is 24.0 Å². The number of hydrogen-bond donors (Lipinski definition) is 5. The minimum Gasteiger partial charge on any atom is -0.492 e. The van der Waals surface area contributed by atoms with Crippen LogP contribution in [0.25, 0.3) is 21.7 Å². The fraction of sp³-hybridized carbons (Fsp3) is 0.333. The highest BCUT2D eigenvalue weighted by Crippen LogP contribution is 2.37. The van der Waals surface area contributed by atoms with Crippen molar-refractivity contribution in [3.05, 3.63) is 75.8 Å². The third-order valence-electron chi connectivity index (χ3n) is 7.73. The topological polar surface area (TPSA) is 213 Å². The van der Waals surface area contributed by atoms with E-state index in [1.165, 1.54) is 23.1 Å². The van der Waals surface area contributed by atoms with E-state index in [9.17, 15) is 25.2 Å². The maximum Gasteiger partial charge on any atom is 0.326 e. The van der Waals surface area contributed by atoms with E-state index in [0.29, 0.717) is 58.5 Å². The SMILES string of the molecule is Cl.Cl.[2H]N(CCOc1ccc(-c2c(C#N)c(N)nc(SCc3csc(-c4ccc(Cl)cc4)n3)c2C#N)cc1)[C@@H](CCCCN)C(=O)N[C@H](C(=O)O)C(C)C. The van der Waals surface area contributed by atoms with Crippen LogP contribution in [0.4, 0.5) is 5.82 Å². The molecule has 0 aliphatic heterocycles. The highest BCUT2D eigenvalue weighted by Gasteiger charge is 2.27. The van der Waals surface area contributed by atoms with Gasteiger partial charge in [0.2, 0.25) is 5.91 Å². The third-order valence-corrected chi connectivity index (χ3v) is 9.93. The minimum absolute atomic E-state index is 0. The Morgan fingerprint density at radius 3 is 2.32 bits per heavy atom. The van der Waals surface area contributed by atoms with E-state index in [1.807, 2.05) is 17.5 Å². The lowest BCUT2D eigenvalue weighted by molar-refractivity contribution is -0.143. The van der Waals surface area contributed by atoms with Gasteiger partial charge < -0.3 is 31.9 Å². The second-order valence-electron chi connectivity index (χ2n) is 11.7. The summed E-state index contributed by atoms with van der Waals surface area (Å²) in [6.45, 7) is 3.95. The molecule has 7 N–H and O–H groups in total. The highest BCUT2D eigenvalue weighted by atomic mass is 35.5. The van der Waals surface area contributed by atoms with Gasteiger partial charge in [-0.2, -0.15) is 10.5 Å². The van der Waals surface area contributed by atoms with Crippen LogP contribution < -0.4 is 26.8 Å². The first-order chi connectivity index (χ1) is 25.0. The number of hydrogen-bond acceptors (Lipinski definition) is 12. The molecule has 2 aromatic heterocycles. The lowest BCUT2D eigenvalue weighted by Crippen LogP contribution is -2.52. The summed E-state index contributed by atoms with van der Waals surface area (Å²) in [5, 5.41) is 37.2. The van der Waals surface area contributed by atoms with Crippen molar-refractivity contribution in [1.82, 2.24) is 20.6 Å². The van der Waals surface area contributed by atoms with Crippen molar-refractivity contribution in [1.29, 1.82) is 10.5 Å². The summed E-state index contributed by atoms with van der Waals surface area (Å²) in [5.74, 6) is -1.13. The number of carbonyl (C=O) groups excluding carboxylic acids is 1. The standard InChI is InChI=1S/C36H39ClN8O4S2.2ClH/c1-21(2)31(36(47)48)44-33(46)29(5-3-4-14-38)42-15-16-49-26-12-8-22(9-13-26)30-27(17-39)32(41)45-35(28(30)18-40)51-20-25-19-50-34(43-25)23-6-10-24(37)11-7-23;;/h6-13,19,21,29,31,42H,3-5,14-16,20,38H2,1-2H3,(H2,41,45)(H,44,46)(H,47,48);2*1H/t29-,31-;;/m0../s1/i/hD. The van der Waals surface area contributed by atoms with Crippen LogP contribution in [0.2, 0.25) is 6.43 Å². The van der Waals surface area contributed by atoms with Crippen molar-refractivity contribution < 1.29 is 20.8 Å². The van der Waals surface area contributed by atoms with Crippen LogP contribution in [0.15, 0.2) is 58.9 Å². The van der Waals surface area contributed by atoms with E-state index in [-0.39, 0.29) is 60.8 Å². The number of nitrogens with one attached hydrogen (secondary N) is 2. The summed E-state index contributed by atoms with van der Waals surface area (Å²) in [7, 11) is 0. The number of aliphatic carboxylic acids is 1. The molecule has 53 heavy (non-hydrogen) atoms. The van der Waals surface area contributed by atoms with Crippen molar-refractivity contribution >= 4 is 77.2 Å². The predicted octanol–water partition coefficient (Wildman–Crippen LogP) is 6.68. The molecule has 0 aliphatic rings. The highest BCUT2D eigenvalue weighted by molar-refractivity contribution is 7.98. The zero-order valence-corrected chi connectivity index (χ0v) is 33.0. The second kappa shape index (κ2) is 22.2. The second-order valence-corrected chi connectivity index (χ2v) is 14.0. The number of nitrogens with two attached hydrogens (primary N) is 2. The van der Waals surface area contributed by atoms with Gasteiger partial charge in [-0.25, -0.2) is 14.8 Å². The minimum atomic E-state index is -1.14. The van der Waals surface area contributed by atoms with Crippen molar-refractivity contribution in [2.45, 2.75) is 56.0 Å². The molecule has 2 aromatic carbocycles. The van der Waals surface area contributed by atoms with Gasteiger partial charge in [-0.3, -0.25) is 4.79 Å². The first kappa shape index (κ1) is 43.3. The van der Waals surface area contributed by atoms with Gasteiger partial charge in [0.1, 0.15) is 53.4 Å². The Bertz CT molecular complexity index is 1940. The van der Waals surface area contributed by atoms with E-state index in [0.717, 1.165) is 21.6 Å². The quantitative estimate of drug-likeness (QED) is 0.0526. The van der Waals surface area contributed by atoms with Crippen LogP contribution >= 0.6 is 59.5 Å². The molecule has 0 unspecified atom stereocenters. The zero-order valence-electron chi connectivity index (χ0n) is 30.0. The molecule has 0 saturated carbocycles. The van der Waals surface area contributed by atoms with E-state index >= 15 is 0 Å². The Balaban J connectivity index is 0.00000504. The van der Waals surface area contributed by atoms with E-state index in [4.69, 9.17) is 34.2 Å². The molecule has 4 aromatic rings. The normalized spacial score (nSPS) is 12.0. The summed E-state index contributed by atoms with van der Waals surface area (Å²) in [5.41, 5.74) is 14.8. The average Bonchev–Trinajstić information content (AvgIpc) is 3.60. The first-order valence-electron chi connectivity index (χ1n) is 16.6. The number of nitrogen functional groups attached to an aromatic ring is 1. The number of pyridine rings is 1. The molecule has 0 aliphatic carbocycles. The number of ether oxygens (including phenoxy) is 1. The number of carbonyl (C=O) groups is 2. The Morgan fingerprint density at radius 1 is 1.06 bits per heavy atom. The van der Waals surface area contributed by atoms with Gasteiger partial charge >= 0.3 is 5.97 Å². The molecule has 0 fully saturated rings. The van der Waals surface area contributed by atoms with Gasteiger partial charge in [0.25, 0.3) is 0 Å². The number of unbranched alkanes of at least 4 members (excludes halogenated alkanes) is 1. The number of thioether (sulfide) groups is 1. The summed E-state index contributed by atoms with van der Waals surface area (Å²) in [4.78, 5) is 33.8. The smallest absolute Gasteiger partial charge is 0.326 e. The molecule has 0 spiro atoms. The summed E-state index contributed by atoms with van der Waals surface area (Å²) >= 11 is 8.81.